The predicted octanol–water partition coefficient (Wildman–Crippen LogP) is 2.64. The molecule has 0 aliphatic carbocycles. The van der Waals surface area contributed by atoms with E-state index in [1.807, 2.05) is 13.0 Å². The van der Waals surface area contributed by atoms with E-state index in [0.29, 0.717) is 12.5 Å². The second kappa shape index (κ2) is 7.23. The Hall–Kier alpha value is -1.13. The Labute approximate surface area is 127 Å². The molecular weight excluding hydrogens is 265 g/mol. The molecule has 4 heteroatoms. The van der Waals surface area contributed by atoms with Crippen LogP contribution in [0.2, 0.25) is 0 Å². The fraction of sp³-hybridized carbons (Fsp3) is 0.647. The van der Waals surface area contributed by atoms with Gasteiger partial charge in [0.1, 0.15) is 5.82 Å². The summed E-state index contributed by atoms with van der Waals surface area (Å²) in [5.74, 6) is -0.128. The molecule has 1 aliphatic heterocycles. The summed E-state index contributed by atoms with van der Waals surface area (Å²) in [6.07, 6.45) is 2.77. The number of benzene rings is 1. The van der Waals surface area contributed by atoms with Crippen molar-refractivity contribution in [2.75, 3.05) is 31.6 Å². The molecule has 0 radical (unpaired) electrons. The fourth-order valence-electron chi connectivity index (χ4n) is 3.25. The van der Waals surface area contributed by atoms with E-state index in [9.17, 15) is 4.39 Å². The van der Waals surface area contributed by atoms with Crippen LogP contribution in [0.25, 0.3) is 0 Å². The Balaban J connectivity index is 2.36. The van der Waals surface area contributed by atoms with Crippen LogP contribution in [-0.2, 0) is 6.42 Å². The van der Waals surface area contributed by atoms with E-state index in [4.69, 9.17) is 5.73 Å². The normalized spacial score (nSPS) is 22.1. The van der Waals surface area contributed by atoms with Crippen LogP contribution in [0.3, 0.4) is 0 Å². The van der Waals surface area contributed by atoms with Crippen molar-refractivity contribution in [1.82, 2.24) is 4.90 Å². The van der Waals surface area contributed by atoms with Crippen LogP contribution < -0.4 is 10.6 Å². The third kappa shape index (κ3) is 3.95. The second-order valence-electron chi connectivity index (χ2n) is 6.29. The van der Waals surface area contributed by atoms with Gasteiger partial charge in [-0.2, -0.15) is 0 Å². The van der Waals surface area contributed by atoms with Gasteiger partial charge in [-0.05, 0) is 51.9 Å². The van der Waals surface area contributed by atoms with Crippen LogP contribution in [0.5, 0.6) is 0 Å². The highest BCUT2D eigenvalue weighted by Gasteiger charge is 2.25. The molecule has 2 unspecified atom stereocenters. The molecule has 0 aromatic heterocycles. The molecule has 1 saturated heterocycles. The van der Waals surface area contributed by atoms with E-state index < -0.39 is 0 Å². The van der Waals surface area contributed by atoms with Gasteiger partial charge < -0.3 is 15.5 Å². The Kier molecular flexibility index (Phi) is 5.59. The molecule has 1 aromatic carbocycles. The molecule has 21 heavy (non-hydrogen) atoms. The van der Waals surface area contributed by atoms with Crippen molar-refractivity contribution in [1.29, 1.82) is 0 Å². The van der Waals surface area contributed by atoms with Gasteiger partial charge in [0, 0.05) is 36.4 Å². The zero-order valence-corrected chi connectivity index (χ0v) is 13.5. The summed E-state index contributed by atoms with van der Waals surface area (Å²) in [6, 6.07) is 5.82. The highest BCUT2D eigenvalue weighted by molar-refractivity contribution is 5.55. The topological polar surface area (TPSA) is 32.5 Å². The molecule has 0 bridgehead atoms. The van der Waals surface area contributed by atoms with Crippen molar-refractivity contribution in [2.24, 2.45) is 5.73 Å². The van der Waals surface area contributed by atoms with Crippen LogP contribution in [0.4, 0.5) is 10.1 Å². The minimum absolute atomic E-state index is 0.0321. The number of anilines is 1. The van der Waals surface area contributed by atoms with Crippen LogP contribution in [0, 0.1) is 5.82 Å². The van der Waals surface area contributed by atoms with Gasteiger partial charge >= 0.3 is 0 Å². The average molecular weight is 293 g/mol. The van der Waals surface area contributed by atoms with Gasteiger partial charge in [-0.15, -0.1) is 0 Å². The highest BCUT2D eigenvalue weighted by Crippen LogP contribution is 2.28. The van der Waals surface area contributed by atoms with Crippen molar-refractivity contribution in [3.8, 4) is 0 Å². The molecular formula is C17H28FN3. The Morgan fingerprint density at radius 3 is 2.81 bits per heavy atom. The third-order valence-corrected chi connectivity index (χ3v) is 4.30. The first kappa shape index (κ1) is 16.2. The number of likely N-dealkylation sites (N-methyl/N-ethyl adjacent to an activating group) is 1. The average Bonchev–Trinajstić information content (AvgIpc) is 2.62. The molecule has 2 rings (SSSR count). The summed E-state index contributed by atoms with van der Waals surface area (Å²) in [5, 5.41) is 0. The lowest BCUT2D eigenvalue weighted by molar-refractivity contribution is 0.328. The number of nitrogens with zero attached hydrogens (tertiary/aromatic N) is 2. The molecule has 1 aliphatic rings. The number of hydrogen-bond donors (Lipinski definition) is 1. The zero-order valence-electron chi connectivity index (χ0n) is 13.5. The van der Waals surface area contributed by atoms with Gasteiger partial charge in [-0.25, -0.2) is 4.39 Å². The highest BCUT2D eigenvalue weighted by atomic mass is 19.1. The van der Waals surface area contributed by atoms with E-state index in [-0.39, 0.29) is 11.9 Å². The lowest BCUT2D eigenvalue weighted by Gasteiger charge is -2.34. The number of halogens is 1. The summed E-state index contributed by atoms with van der Waals surface area (Å²) in [6.45, 7) is 7.26. The smallest absolute Gasteiger partial charge is 0.128 e. The Morgan fingerprint density at radius 2 is 2.14 bits per heavy atom. The van der Waals surface area contributed by atoms with E-state index >= 15 is 0 Å². The van der Waals surface area contributed by atoms with Crippen LogP contribution in [-0.4, -0.2) is 43.7 Å². The fourth-order valence-corrected chi connectivity index (χ4v) is 3.25. The zero-order chi connectivity index (χ0) is 15.4. The van der Waals surface area contributed by atoms with Crippen molar-refractivity contribution in [2.45, 2.75) is 45.2 Å². The molecule has 3 nitrogen and oxygen atoms in total. The molecule has 0 amide bonds. The maximum absolute atomic E-state index is 14.3. The molecule has 2 atom stereocenters. The summed E-state index contributed by atoms with van der Waals surface area (Å²) in [4.78, 5) is 4.77. The van der Waals surface area contributed by atoms with Gasteiger partial charge in [0.2, 0.25) is 0 Å². The first-order valence-corrected chi connectivity index (χ1v) is 8.01. The van der Waals surface area contributed by atoms with E-state index in [1.165, 1.54) is 0 Å². The summed E-state index contributed by atoms with van der Waals surface area (Å²) >= 11 is 0. The summed E-state index contributed by atoms with van der Waals surface area (Å²) < 4.78 is 14.3. The lowest BCUT2D eigenvalue weighted by atomic mass is 10.0. The molecule has 1 aromatic rings. The minimum atomic E-state index is -0.128. The van der Waals surface area contributed by atoms with Gasteiger partial charge in [-0.1, -0.05) is 13.0 Å². The second-order valence-corrected chi connectivity index (χ2v) is 6.29. The maximum atomic E-state index is 14.3. The van der Waals surface area contributed by atoms with E-state index in [1.54, 1.807) is 6.07 Å². The molecule has 118 valence electrons. The summed E-state index contributed by atoms with van der Waals surface area (Å²) in [7, 11) is 2.17. The van der Waals surface area contributed by atoms with E-state index in [2.05, 4.69) is 29.8 Å². The van der Waals surface area contributed by atoms with Gasteiger partial charge in [0.25, 0.3) is 0 Å². The quantitative estimate of drug-likeness (QED) is 0.926. The van der Waals surface area contributed by atoms with Crippen molar-refractivity contribution in [3.05, 3.63) is 29.6 Å². The number of hydrogen-bond acceptors (Lipinski definition) is 3. The molecule has 0 spiro atoms. The predicted molar refractivity (Wildman–Crippen MR) is 87.3 cm³/mol. The van der Waals surface area contributed by atoms with Crippen LogP contribution in [0.15, 0.2) is 18.2 Å². The monoisotopic (exact) mass is 293 g/mol. The Morgan fingerprint density at radius 1 is 1.38 bits per heavy atom. The molecule has 1 fully saturated rings. The Bertz CT molecular complexity index is 461. The van der Waals surface area contributed by atoms with Gasteiger partial charge in [-0.3, -0.25) is 0 Å². The van der Waals surface area contributed by atoms with Crippen LogP contribution in [0.1, 0.15) is 32.3 Å². The summed E-state index contributed by atoms with van der Waals surface area (Å²) in [5.41, 5.74) is 7.73. The minimum Gasteiger partial charge on any atom is -0.367 e. The van der Waals surface area contributed by atoms with Crippen molar-refractivity contribution >= 4 is 5.69 Å². The first-order chi connectivity index (χ1) is 10.0. The number of rotatable bonds is 4. The molecule has 2 N–H and O–H groups in total. The van der Waals surface area contributed by atoms with Crippen LogP contribution >= 0.6 is 0 Å². The molecule has 1 heterocycles. The SMILES string of the molecule is CCC1CN(C)CCCN1c1cccc(F)c1CC(C)N. The molecule has 0 saturated carbocycles. The van der Waals surface area contributed by atoms with Gasteiger partial charge in [0.05, 0.1) is 0 Å². The first-order valence-electron chi connectivity index (χ1n) is 8.01. The standard InChI is InChI=1S/C17H28FN3/c1-4-14-12-20(3)9-6-10-21(14)17-8-5-7-16(18)15(17)11-13(2)19/h5,7-8,13-14H,4,6,9-12,19H2,1-3H3. The number of nitrogens with two attached hydrogens (primary N) is 1. The lowest BCUT2D eigenvalue weighted by Crippen LogP contribution is -2.40. The van der Waals surface area contributed by atoms with Crippen molar-refractivity contribution < 1.29 is 4.39 Å². The third-order valence-electron chi connectivity index (χ3n) is 4.30. The largest absolute Gasteiger partial charge is 0.367 e. The maximum Gasteiger partial charge on any atom is 0.128 e. The van der Waals surface area contributed by atoms with Crippen molar-refractivity contribution in [3.63, 3.8) is 0 Å². The van der Waals surface area contributed by atoms with Gasteiger partial charge in [0.15, 0.2) is 0 Å². The van der Waals surface area contributed by atoms with E-state index in [0.717, 1.165) is 43.7 Å².